The molecule has 0 saturated heterocycles. The van der Waals surface area contributed by atoms with Crippen molar-refractivity contribution >= 4 is 5.78 Å². The van der Waals surface area contributed by atoms with E-state index in [0.717, 1.165) is 19.3 Å². The zero-order valence-corrected chi connectivity index (χ0v) is 9.99. The van der Waals surface area contributed by atoms with Crippen LogP contribution in [0.3, 0.4) is 0 Å². The van der Waals surface area contributed by atoms with Gasteiger partial charge in [-0.25, -0.2) is 0 Å². The van der Waals surface area contributed by atoms with Crippen LogP contribution in [0.5, 0.6) is 0 Å². The van der Waals surface area contributed by atoms with Crippen molar-refractivity contribution in [3.63, 3.8) is 0 Å². The van der Waals surface area contributed by atoms with Gasteiger partial charge < -0.3 is 0 Å². The van der Waals surface area contributed by atoms with Gasteiger partial charge in [0.25, 0.3) is 0 Å². The van der Waals surface area contributed by atoms with Gasteiger partial charge in [-0.2, -0.15) is 0 Å². The Labute approximate surface area is 97.9 Å². The van der Waals surface area contributed by atoms with Crippen LogP contribution in [-0.2, 0) is 4.79 Å². The van der Waals surface area contributed by atoms with Crippen LogP contribution in [0.2, 0.25) is 0 Å². The Balaban J connectivity index is 2.13. The van der Waals surface area contributed by atoms with E-state index in [9.17, 15) is 4.79 Å². The Morgan fingerprint density at radius 3 is 2.62 bits per heavy atom. The van der Waals surface area contributed by atoms with E-state index in [1.54, 1.807) is 0 Å². The lowest BCUT2D eigenvalue weighted by Crippen LogP contribution is -2.19. The molecule has 0 heterocycles. The maximum absolute atomic E-state index is 12.0. The predicted octanol–water partition coefficient (Wildman–Crippen LogP) is 3.94. The van der Waals surface area contributed by atoms with Crippen LogP contribution in [0.25, 0.3) is 0 Å². The minimum atomic E-state index is 0.255. The van der Waals surface area contributed by atoms with Crippen molar-refractivity contribution in [2.24, 2.45) is 5.92 Å². The average Bonchev–Trinajstić information content (AvgIpc) is 2.54. The molecule has 1 saturated carbocycles. The molecular formula is C15H20O. The summed E-state index contributed by atoms with van der Waals surface area (Å²) < 4.78 is 0. The van der Waals surface area contributed by atoms with Crippen LogP contribution in [0.4, 0.5) is 0 Å². The lowest BCUT2D eigenvalue weighted by atomic mass is 9.82. The maximum atomic E-state index is 12.0. The largest absolute Gasteiger partial charge is 0.299 e. The first-order chi connectivity index (χ1) is 7.79. The summed E-state index contributed by atoms with van der Waals surface area (Å²) in [7, 11) is 0. The van der Waals surface area contributed by atoms with E-state index in [-0.39, 0.29) is 5.92 Å². The normalized spacial score (nSPS) is 23.8. The fourth-order valence-corrected chi connectivity index (χ4v) is 2.70. The molecule has 0 spiro atoms. The SMILES string of the molecule is C[C@@H](c1ccccc1)[C@H]1CCCCCC1=O. The van der Waals surface area contributed by atoms with Crippen LogP contribution in [0.1, 0.15) is 50.5 Å². The van der Waals surface area contributed by atoms with Gasteiger partial charge in [0.2, 0.25) is 0 Å². The van der Waals surface area contributed by atoms with E-state index < -0.39 is 0 Å². The highest BCUT2D eigenvalue weighted by molar-refractivity contribution is 5.82. The van der Waals surface area contributed by atoms with Gasteiger partial charge in [-0.3, -0.25) is 4.79 Å². The minimum Gasteiger partial charge on any atom is -0.299 e. The molecule has 1 heteroatoms. The molecule has 86 valence electrons. The highest BCUT2D eigenvalue weighted by Gasteiger charge is 2.26. The molecule has 1 aromatic carbocycles. The van der Waals surface area contributed by atoms with E-state index >= 15 is 0 Å². The zero-order chi connectivity index (χ0) is 11.4. The first-order valence-electron chi connectivity index (χ1n) is 6.36. The van der Waals surface area contributed by atoms with E-state index in [1.165, 1.54) is 18.4 Å². The lowest BCUT2D eigenvalue weighted by Gasteiger charge is -2.21. The molecule has 0 bridgehead atoms. The van der Waals surface area contributed by atoms with Crippen molar-refractivity contribution in [1.29, 1.82) is 0 Å². The summed E-state index contributed by atoms with van der Waals surface area (Å²) in [6.07, 6.45) is 5.41. The maximum Gasteiger partial charge on any atom is 0.136 e. The third-order valence-corrected chi connectivity index (χ3v) is 3.78. The molecule has 0 unspecified atom stereocenters. The Hall–Kier alpha value is -1.11. The van der Waals surface area contributed by atoms with Crippen molar-refractivity contribution in [3.05, 3.63) is 35.9 Å². The van der Waals surface area contributed by atoms with E-state index in [4.69, 9.17) is 0 Å². The molecule has 0 N–H and O–H groups in total. The molecule has 2 atom stereocenters. The summed E-state index contributed by atoms with van der Waals surface area (Å²) in [4.78, 5) is 12.0. The lowest BCUT2D eigenvalue weighted by molar-refractivity contribution is -0.123. The van der Waals surface area contributed by atoms with Gasteiger partial charge in [-0.15, -0.1) is 0 Å². The van der Waals surface area contributed by atoms with Crippen LogP contribution >= 0.6 is 0 Å². The standard InChI is InChI=1S/C15H20O/c1-12(13-8-4-2-5-9-13)14-10-6-3-7-11-15(14)16/h2,4-5,8-9,12,14H,3,6-7,10-11H2,1H3/t12-,14+/m0/s1. The number of benzene rings is 1. The Morgan fingerprint density at radius 2 is 1.88 bits per heavy atom. The molecule has 1 nitrogen and oxygen atoms in total. The fraction of sp³-hybridized carbons (Fsp3) is 0.533. The molecule has 0 radical (unpaired) electrons. The molecule has 1 aliphatic rings. The smallest absolute Gasteiger partial charge is 0.136 e. The molecule has 0 aliphatic heterocycles. The van der Waals surface area contributed by atoms with E-state index in [2.05, 4.69) is 31.2 Å². The van der Waals surface area contributed by atoms with Crippen molar-refractivity contribution < 1.29 is 4.79 Å². The minimum absolute atomic E-state index is 0.255. The molecule has 0 aromatic heterocycles. The second kappa shape index (κ2) is 5.29. The molecule has 1 aliphatic carbocycles. The summed E-state index contributed by atoms with van der Waals surface area (Å²) >= 11 is 0. The third kappa shape index (κ3) is 2.52. The van der Waals surface area contributed by atoms with Crippen molar-refractivity contribution in [3.8, 4) is 0 Å². The van der Waals surface area contributed by atoms with Crippen molar-refractivity contribution in [2.45, 2.75) is 44.9 Å². The summed E-state index contributed by atoms with van der Waals surface area (Å²) in [5.41, 5.74) is 1.31. The number of carbonyl (C=O) groups is 1. The fourth-order valence-electron chi connectivity index (χ4n) is 2.70. The average molecular weight is 216 g/mol. The summed E-state index contributed by atoms with van der Waals surface area (Å²) in [6, 6.07) is 10.4. The quantitative estimate of drug-likeness (QED) is 0.684. The number of carbonyl (C=O) groups excluding carboxylic acids is 1. The molecule has 1 aromatic rings. The number of ketones is 1. The molecule has 0 amide bonds. The molecule has 1 fully saturated rings. The van der Waals surface area contributed by atoms with E-state index in [0.29, 0.717) is 11.7 Å². The highest BCUT2D eigenvalue weighted by atomic mass is 16.1. The first-order valence-corrected chi connectivity index (χ1v) is 6.36. The van der Waals surface area contributed by atoms with E-state index in [1.807, 2.05) is 6.07 Å². The Bertz CT molecular complexity index is 342. The highest BCUT2D eigenvalue weighted by Crippen LogP contribution is 2.32. The number of rotatable bonds is 2. The zero-order valence-electron chi connectivity index (χ0n) is 9.99. The number of hydrogen-bond donors (Lipinski definition) is 0. The summed E-state index contributed by atoms with van der Waals surface area (Å²) in [5, 5.41) is 0. The molecular weight excluding hydrogens is 196 g/mol. The van der Waals surface area contributed by atoms with Gasteiger partial charge in [0, 0.05) is 12.3 Å². The van der Waals surface area contributed by atoms with Gasteiger partial charge in [0.15, 0.2) is 0 Å². The van der Waals surface area contributed by atoms with Crippen LogP contribution < -0.4 is 0 Å². The predicted molar refractivity (Wildman–Crippen MR) is 66.4 cm³/mol. The Kier molecular flexibility index (Phi) is 3.76. The summed E-state index contributed by atoms with van der Waals surface area (Å²) in [5.74, 6) is 1.12. The van der Waals surface area contributed by atoms with Gasteiger partial charge in [-0.1, -0.05) is 50.1 Å². The Morgan fingerprint density at radius 1 is 1.12 bits per heavy atom. The molecule has 16 heavy (non-hydrogen) atoms. The topological polar surface area (TPSA) is 17.1 Å². The van der Waals surface area contributed by atoms with Gasteiger partial charge in [0.1, 0.15) is 5.78 Å². The molecule has 2 rings (SSSR count). The van der Waals surface area contributed by atoms with Crippen LogP contribution in [-0.4, -0.2) is 5.78 Å². The van der Waals surface area contributed by atoms with Crippen molar-refractivity contribution in [1.82, 2.24) is 0 Å². The van der Waals surface area contributed by atoms with Gasteiger partial charge in [0.05, 0.1) is 0 Å². The second-order valence-corrected chi connectivity index (χ2v) is 4.87. The van der Waals surface area contributed by atoms with Gasteiger partial charge in [-0.05, 0) is 24.3 Å². The van der Waals surface area contributed by atoms with Crippen molar-refractivity contribution in [2.75, 3.05) is 0 Å². The van der Waals surface area contributed by atoms with Crippen LogP contribution in [0, 0.1) is 5.92 Å². The number of hydrogen-bond acceptors (Lipinski definition) is 1. The van der Waals surface area contributed by atoms with Gasteiger partial charge >= 0.3 is 0 Å². The second-order valence-electron chi connectivity index (χ2n) is 4.87. The van der Waals surface area contributed by atoms with Crippen LogP contribution in [0.15, 0.2) is 30.3 Å². The monoisotopic (exact) mass is 216 g/mol. The summed E-state index contributed by atoms with van der Waals surface area (Å²) in [6.45, 7) is 2.20. The first kappa shape index (κ1) is 11.4. The number of Topliss-reactive ketones (excluding diaryl/α,β-unsaturated/α-hetero) is 1. The third-order valence-electron chi connectivity index (χ3n) is 3.78.